The first kappa shape index (κ1) is 13.4. The van der Waals surface area contributed by atoms with Gasteiger partial charge in [-0.3, -0.25) is 0 Å². The number of halogens is 1. The molecule has 98 valence electrons. The number of carbonyl (C=O) groups excluding carboxylic acids is 1. The van der Waals surface area contributed by atoms with Crippen molar-refractivity contribution >= 4 is 33.3 Å². The van der Waals surface area contributed by atoms with Crippen molar-refractivity contribution in [3.63, 3.8) is 0 Å². The summed E-state index contributed by atoms with van der Waals surface area (Å²) < 4.78 is 6.09. The van der Waals surface area contributed by atoms with Crippen LogP contribution in [0.2, 0.25) is 0 Å². The van der Waals surface area contributed by atoms with Crippen molar-refractivity contribution in [3.05, 3.63) is 53.0 Å². The molecule has 0 heterocycles. The van der Waals surface area contributed by atoms with Crippen LogP contribution in [0.1, 0.15) is 0 Å². The standard InChI is InChI=1S/C14H13BrN2O2/c1-19-13-9-10(15)7-8-12(13)17-14(18)16-11-5-3-2-4-6-11/h2-9H,1H3,(H2,16,17,18). The number of nitrogens with one attached hydrogen (secondary N) is 2. The highest BCUT2D eigenvalue weighted by molar-refractivity contribution is 9.10. The Bertz CT molecular complexity index is 573. The molecule has 0 unspecified atom stereocenters. The smallest absolute Gasteiger partial charge is 0.323 e. The van der Waals surface area contributed by atoms with E-state index in [-0.39, 0.29) is 6.03 Å². The molecule has 0 aliphatic heterocycles. The minimum Gasteiger partial charge on any atom is -0.495 e. The molecule has 2 amide bonds. The molecular formula is C14H13BrN2O2. The molecule has 4 nitrogen and oxygen atoms in total. The highest BCUT2D eigenvalue weighted by atomic mass is 79.9. The van der Waals surface area contributed by atoms with E-state index >= 15 is 0 Å². The number of methoxy groups -OCH3 is 1. The molecule has 0 fully saturated rings. The van der Waals surface area contributed by atoms with Crippen LogP contribution in [0, 0.1) is 0 Å². The van der Waals surface area contributed by atoms with Crippen LogP contribution < -0.4 is 15.4 Å². The quantitative estimate of drug-likeness (QED) is 0.894. The van der Waals surface area contributed by atoms with Gasteiger partial charge in [0.1, 0.15) is 5.75 Å². The van der Waals surface area contributed by atoms with Gasteiger partial charge in [-0.15, -0.1) is 0 Å². The van der Waals surface area contributed by atoms with Crippen molar-refractivity contribution in [2.75, 3.05) is 17.7 Å². The lowest BCUT2D eigenvalue weighted by atomic mass is 10.3. The number of urea groups is 1. The summed E-state index contributed by atoms with van der Waals surface area (Å²) >= 11 is 3.35. The molecule has 5 heteroatoms. The summed E-state index contributed by atoms with van der Waals surface area (Å²) in [5.74, 6) is 0.595. The van der Waals surface area contributed by atoms with Crippen LogP contribution in [0.5, 0.6) is 5.75 Å². The van der Waals surface area contributed by atoms with E-state index in [0.717, 1.165) is 10.2 Å². The Hall–Kier alpha value is -2.01. The van der Waals surface area contributed by atoms with Crippen molar-refractivity contribution < 1.29 is 9.53 Å². The molecular weight excluding hydrogens is 308 g/mol. The lowest BCUT2D eigenvalue weighted by Crippen LogP contribution is -2.19. The SMILES string of the molecule is COc1cc(Br)ccc1NC(=O)Nc1ccccc1. The predicted molar refractivity (Wildman–Crippen MR) is 79.8 cm³/mol. The lowest BCUT2D eigenvalue weighted by molar-refractivity contribution is 0.262. The van der Waals surface area contributed by atoms with Crippen molar-refractivity contribution in [1.82, 2.24) is 0 Å². The number of rotatable bonds is 3. The second-order valence-electron chi connectivity index (χ2n) is 3.79. The molecule has 0 saturated heterocycles. The number of carbonyl (C=O) groups is 1. The molecule has 0 atom stereocenters. The van der Waals surface area contributed by atoms with E-state index in [1.54, 1.807) is 19.2 Å². The zero-order valence-electron chi connectivity index (χ0n) is 10.3. The van der Waals surface area contributed by atoms with Gasteiger partial charge in [0.2, 0.25) is 0 Å². The monoisotopic (exact) mass is 320 g/mol. The molecule has 2 aromatic carbocycles. The average Bonchev–Trinajstić information content (AvgIpc) is 2.42. The molecule has 0 bridgehead atoms. The van der Waals surface area contributed by atoms with Crippen molar-refractivity contribution in [1.29, 1.82) is 0 Å². The Morgan fingerprint density at radius 1 is 1.11 bits per heavy atom. The van der Waals surface area contributed by atoms with Crippen LogP contribution in [0.4, 0.5) is 16.2 Å². The third-order valence-electron chi connectivity index (χ3n) is 2.44. The Balaban J connectivity index is 2.07. The Labute approximate surface area is 119 Å². The van der Waals surface area contributed by atoms with E-state index in [1.807, 2.05) is 36.4 Å². The fraction of sp³-hybridized carbons (Fsp3) is 0.0714. The largest absolute Gasteiger partial charge is 0.495 e. The number of benzene rings is 2. The number of anilines is 2. The van der Waals surface area contributed by atoms with E-state index < -0.39 is 0 Å². The maximum absolute atomic E-state index is 11.8. The summed E-state index contributed by atoms with van der Waals surface area (Å²) in [5.41, 5.74) is 1.34. The summed E-state index contributed by atoms with van der Waals surface area (Å²) in [6.07, 6.45) is 0. The van der Waals surface area contributed by atoms with Crippen molar-refractivity contribution in [3.8, 4) is 5.75 Å². The normalized spacial score (nSPS) is 9.79. The molecule has 0 aliphatic carbocycles. The van der Waals surface area contributed by atoms with Gasteiger partial charge in [-0.1, -0.05) is 34.1 Å². The van der Waals surface area contributed by atoms with Gasteiger partial charge >= 0.3 is 6.03 Å². The van der Waals surface area contributed by atoms with Crippen LogP contribution in [0.3, 0.4) is 0 Å². The highest BCUT2D eigenvalue weighted by Gasteiger charge is 2.07. The second kappa shape index (κ2) is 6.24. The van der Waals surface area contributed by atoms with Crippen LogP contribution in [0.15, 0.2) is 53.0 Å². The molecule has 0 spiro atoms. The topological polar surface area (TPSA) is 50.4 Å². The van der Waals surface area contributed by atoms with E-state index in [1.165, 1.54) is 0 Å². The van der Waals surface area contributed by atoms with Gasteiger partial charge in [0.25, 0.3) is 0 Å². The molecule has 0 aromatic heterocycles. The minimum absolute atomic E-state index is 0.313. The lowest BCUT2D eigenvalue weighted by Gasteiger charge is -2.11. The highest BCUT2D eigenvalue weighted by Crippen LogP contribution is 2.28. The second-order valence-corrected chi connectivity index (χ2v) is 4.71. The Morgan fingerprint density at radius 3 is 2.53 bits per heavy atom. The van der Waals surface area contributed by atoms with E-state index in [0.29, 0.717) is 11.4 Å². The Kier molecular flexibility index (Phi) is 4.41. The summed E-state index contributed by atoms with van der Waals surface area (Å²) in [4.78, 5) is 11.8. The van der Waals surface area contributed by atoms with E-state index in [2.05, 4.69) is 26.6 Å². The number of hydrogen-bond acceptors (Lipinski definition) is 2. The molecule has 2 N–H and O–H groups in total. The number of hydrogen-bond donors (Lipinski definition) is 2. The molecule has 0 aliphatic rings. The number of ether oxygens (including phenoxy) is 1. The molecule has 2 rings (SSSR count). The summed E-state index contributed by atoms with van der Waals surface area (Å²) in [7, 11) is 1.56. The fourth-order valence-electron chi connectivity index (χ4n) is 1.57. The van der Waals surface area contributed by atoms with Gasteiger partial charge in [-0.2, -0.15) is 0 Å². The number of amides is 2. The van der Waals surface area contributed by atoms with Crippen LogP contribution in [0.25, 0.3) is 0 Å². The van der Waals surface area contributed by atoms with E-state index in [9.17, 15) is 4.79 Å². The molecule has 0 saturated carbocycles. The van der Waals surface area contributed by atoms with Gasteiger partial charge in [-0.25, -0.2) is 4.79 Å². The zero-order chi connectivity index (χ0) is 13.7. The third-order valence-corrected chi connectivity index (χ3v) is 2.94. The molecule has 0 radical (unpaired) electrons. The summed E-state index contributed by atoms with van der Waals surface area (Å²) in [5, 5.41) is 5.48. The molecule has 2 aromatic rings. The summed E-state index contributed by atoms with van der Waals surface area (Å²) in [6, 6.07) is 14.3. The minimum atomic E-state index is -0.313. The fourth-order valence-corrected chi connectivity index (χ4v) is 1.91. The predicted octanol–water partition coefficient (Wildman–Crippen LogP) is 4.10. The van der Waals surface area contributed by atoms with Crippen LogP contribution >= 0.6 is 15.9 Å². The van der Waals surface area contributed by atoms with Crippen molar-refractivity contribution in [2.45, 2.75) is 0 Å². The van der Waals surface area contributed by atoms with E-state index in [4.69, 9.17) is 4.74 Å². The molecule has 19 heavy (non-hydrogen) atoms. The van der Waals surface area contributed by atoms with Gasteiger partial charge in [0.05, 0.1) is 12.8 Å². The first-order valence-electron chi connectivity index (χ1n) is 5.65. The van der Waals surface area contributed by atoms with Crippen LogP contribution in [-0.2, 0) is 0 Å². The van der Waals surface area contributed by atoms with Gasteiger partial charge in [0, 0.05) is 10.2 Å². The van der Waals surface area contributed by atoms with Crippen LogP contribution in [-0.4, -0.2) is 13.1 Å². The average molecular weight is 321 g/mol. The van der Waals surface area contributed by atoms with Gasteiger partial charge in [0.15, 0.2) is 0 Å². The first-order valence-corrected chi connectivity index (χ1v) is 6.45. The third kappa shape index (κ3) is 3.72. The zero-order valence-corrected chi connectivity index (χ0v) is 11.9. The maximum atomic E-state index is 11.8. The van der Waals surface area contributed by atoms with Crippen molar-refractivity contribution in [2.24, 2.45) is 0 Å². The van der Waals surface area contributed by atoms with Gasteiger partial charge < -0.3 is 15.4 Å². The van der Waals surface area contributed by atoms with Gasteiger partial charge in [-0.05, 0) is 30.3 Å². The summed E-state index contributed by atoms with van der Waals surface area (Å²) in [6.45, 7) is 0. The first-order chi connectivity index (χ1) is 9.19. The maximum Gasteiger partial charge on any atom is 0.323 e. The number of para-hydroxylation sites is 1. The Morgan fingerprint density at radius 2 is 1.84 bits per heavy atom.